The highest BCUT2D eigenvalue weighted by Crippen LogP contribution is 2.26. The molecule has 1 fully saturated rings. The molecule has 0 bridgehead atoms. The van der Waals surface area contributed by atoms with Gasteiger partial charge in [-0.05, 0) is 36.8 Å². The molecule has 3 aromatic rings. The van der Waals surface area contributed by atoms with Gasteiger partial charge in [0.05, 0.1) is 17.2 Å². The normalized spacial score (nSPS) is 15.5. The van der Waals surface area contributed by atoms with E-state index in [2.05, 4.69) is 10.6 Å². The summed E-state index contributed by atoms with van der Waals surface area (Å²) < 4.78 is 0. The van der Waals surface area contributed by atoms with Crippen molar-refractivity contribution < 1.29 is 14.4 Å². The maximum absolute atomic E-state index is 12.9. The maximum atomic E-state index is 12.9. The lowest BCUT2D eigenvalue weighted by atomic mass is 10.1. The first-order valence-electron chi connectivity index (χ1n) is 10.6. The number of para-hydroxylation sites is 2. The van der Waals surface area contributed by atoms with Crippen molar-refractivity contribution in [2.75, 3.05) is 16.8 Å². The van der Waals surface area contributed by atoms with Crippen LogP contribution < -0.4 is 15.5 Å². The van der Waals surface area contributed by atoms with Crippen molar-refractivity contribution in [2.45, 2.75) is 19.9 Å². The molecule has 4 rings (SSSR count). The van der Waals surface area contributed by atoms with Gasteiger partial charge in [-0.3, -0.25) is 14.4 Å². The molecule has 0 aliphatic carbocycles. The van der Waals surface area contributed by atoms with E-state index in [4.69, 9.17) is 0 Å². The van der Waals surface area contributed by atoms with E-state index in [1.807, 2.05) is 61.5 Å². The van der Waals surface area contributed by atoms with E-state index in [0.717, 1.165) is 16.8 Å². The molecule has 0 radical (unpaired) electrons. The van der Waals surface area contributed by atoms with Crippen LogP contribution in [0.2, 0.25) is 0 Å². The maximum Gasteiger partial charge on any atom is 0.253 e. The lowest BCUT2D eigenvalue weighted by molar-refractivity contribution is -0.122. The van der Waals surface area contributed by atoms with Gasteiger partial charge < -0.3 is 15.5 Å². The number of anilines is 2. The first kappa shape index (κ1) is 21.3. The monoisotopic (exact) mass is 427 g/mol. The fraction of sp³-hybridized carbons (Fsp3) is 0.192. The van der Waals surface area contributed by atoms with Crippen LogP contribution in [0.25, 0.3) is 0 Å². The average Bonchev–Trinajstić information content (AvgIpc) is 3.20. The summed E-state index contributed by atoms with van der Waals surface area (Å²) in [6.07, 6.45) is 0.141. The summed E-state index contributed by atoms with van der Waals surface area (Å²) in [5.41, 5.74) is 3.73. The summed E-state index contributed by atoms with van der Waals surface area (Å²) in [5, 5.41) is 5.76. The number of rotatable bonds is 6. The molecular formula is C26H25N3O3. The Hall–Kier alpha value is -3.93. The molecule has 1 atom stereocenters. The summed E-state index contributed by atoms with van der Waals surface area (Å²) in [7, 11) is 0. The van der Waals surface area contributed by atoms with Gasteiger partial charge >= 0.3 is 0 Å². The zero-order valence-corrected chi connectivity index (χ0v) is 17.9. The van der Waals surface area contributed by atoms with Gasteiger partial charge in [-0.1, -0.05) is 60.2 Å². The number of amides is 3. The number of carbonyl (C=O) groups is 3. The van der Waals surface area contributed by atoms with E-state index >= 15 is 0 Å². The number of benzene rings is 3. The third-order valence-electron chi connectivity index (χ3n) is 5.53. The van der Waals surface area contributed by atoms with Crippen LogP contribution in [0.3, 0.4) is 0 Å². The molecule has 6 heteroatoms. The fourth-order valence-corrected chi connectivity index (χ4v) is 3.87. The topological polar surface area (TPSA) is 78.5 Å². The Morgan fingerprint density at radius 3 is 2.50 bits per heavy atom. The van der Waals surface area contributed by atoms with Gasteiger partial charge in [0.1, 0.15) is 0 Å². The van der Waals surface area contributed by atoms with Crippen LogP contribution in [0, 0.1) is 12.8 Å². The molecule has 32 heavy (non-hydrogen) atoms. The summed E-state index contributed by atoms with van der Waals surface area (Å²) >= 11 is 0. The highest BCUT2D eigenvalue weighted by Gasteiger charge is 2.35. The Bertz CT molecular complexity index is 1140. The number of aryl methyl sites for hydroxylation is 1. The molecule has 6 nitrogen and oxygen atoms in total. The van der Waals surface area contributed by atoms with Gasteiger partial charge in [0.15, 0.2) is 0 Å². The van der Waals surface area contributed by atoms with Gasteiger partial charge in [0.2, 0.25) is 11.8 Å². The van der Waals surface area contributed by atoms with Crippen LogP contribution in [-0.2, 0) is 16.1 Å². The summed E-state index contributed by atoms with van der Waals surface area (Å²) in [4.78, 5) is 39.8. The minimum absolute atomic E-state index is 0.0828. The number of carbonyl (C=O) groups excluding carboxylic acids is 3. The van der Waals surface area contributed by atoms with E-state index in [-0.39, 0.29) is 24.1 Å². The lowest BCUT2D eigenvalue weighted by Gasteiger charge is -2.17. The summed E-state index contributed by atoms with van der Waals surface area (Å²) in [6, 6.07) is 24.1. The number of hydrogen-bond acceptors (Lipinski definition) is 3. The standard InChI is InChI=1S/C26H25N3O3/c1-18-8-7-9-19(14-18)16-27-26(32)22-12-5-6-13-23(22)28-25(31)20-15-24(30)29(17-20)21-10-3-2-4-11-21/h2-14,20H,15-17H2,1H3,(H,27,32)(H,28,31)/t20-/m1/s1. The van der Waals surface area contributed by atoms with Gasteiger partial charge in [-0.2, -0.15) is 0 Å². The quantitative estimate of drug-likeness (QED) is 0.626. The molecule has 1 aliphatic rings. The molecule has 162 valence electrons. The lowest BCUT2D eigenvalue weighted by Crippen LogP contribution is -2.29. The second-order valence-corrected chi connectivity index (χ2v) is 7.95. The van der Waals surface area contributed by atoms with Crippen molar-refractivity contribution in [3.63, 3.8) is 0 Å². The van der Waals surface area contributed by atoms with E-state index < -0.39 is 5.92 Å². The Balaban J connectivity index is 1.42. The smallest absolute Gasteiger partial charge is 0.253 e. The Labute approximate surface area is 187 Å². The zero-order chi connectivity index (χ0) is 22.5. The largest absolute Gasteiger partial charge is 0.348 e. The number of nitrogens with one attached hydrogen (secondary N) is 2. The van der Waals surface area contributed by atoms with Crippen LogP contribution in [0.15, 0.2) is 78.9 Å². The Morgan fingerprint density at radius 2 is 1.72 bits per heavy atom. The van der Waals surface area contributed by atoms with E-state index in [1.54, 1.807) is 29.2 Å². The van der Waals surface area contributed by atoms with Crippen molar-refractivity contribution in [3.05, 3.63) is 95.6 Å². The molecule has 1 aliphatic heterocycles. The summed E-state index contributed by atoms with van der Waals surface area (Å²) in [6.45, 7) is 2.71. The highest BCUT2D eigenvalue weighted by atomic mass is 16.2. The van der Waals surface area contributed by atoms with Crippen molar-refractivity contribution in [3.8, 4) is 0 Å². The third-order valence-corrected chi connectivity index (χ3v) is 5.53. The predicted octanol–water partition coefficient (Wildman–Crippen LogP) is 3.92. The molecule has 0 saturated carbocycles. The first-order valence-corrected chi connectivity index (χ1v) is 10.6. The van der Waals surface area contributed by atoms with E-state index in [1.165, 1.54) is 0 Å². The van der Waals surface area contributed by atoms with Gasteiger partial charge in [0.25, 0.3) is 5.91 Å². The molecule has 2 N–H and O–H groups in total. The van der Waals surface area contributed by atoms with Crippen molar-refractivity contribution in [1.29, 1.82) is 0 Å². The van der Waals surface area contributed by atoms with Crippen LogP contribution in [0.5, 0.6) is 0 Å². The van der Waals surface area contributed by atoms with Crippen LogP contribution in [0.1, 0.15) is 27.9 Å². The second-order valence-electron chi connectivity index (χ2n) is 7.95. The fourth-order valence-electron chi connectivity index (χ4n) is 3.87. The molecule has 1 saturated heterocycles. The second kappa shape index (κ2) is 9.47. The summed E-state index contributed by atoms with van der Waals surface area (Å²) in [5.74, 6) is -1.10. The van der Waals surface area contributed by atoms with Crippen molar-refractivity contribution >= 4 is 29.1 Å². The van der Waals surface area contributed by atoms with E-state index in [0.29, 0.717) is 24.3 Å². The Morgan fingerprint density at radius 1 is 0.969 bits per heavy atom. The first-order chi connectivity index (χ1) is 15.5. The molecule has 0 aromatic heterocycles. The highest BCUT2D eigenvalue weighted by molar-refractivity contribution is 6.07. The van der Waals surface area contributed by atoms with Crippen LogP contribution in [-0.4, -0.2) is 24.3 Å². The molecule has 3 amide bonds. The third kappa shape index (κ3) is 4.86. The minimum atomic E-state index is -0.480. The van der Waals surface area contributed by atoms with E-state index in [9.17, 15) is 14.4 Å². The minimum Gasteiger partial charge on any atom is -0.348 e. The predicted molar refractivity (Wildman–Crippen MR) is 124 cm³/mol. The molecule has 1 heterocycles. The van der Waals surface area contributed by atoms with Gasteiger partial charge in [-0.15, -0.1) is 0 Å². The number of nitrogens with zero attached hydrogens (tertiary/aromatic N) is 1. The van der Waals surface area contributed by atoms with Crippen molar-refractivity contribution in [2.24, 2.45) is 5.92 Å². The SMILES string of the molecule is Cc1cccc(CNC(=O)c2ccccc2NC(=O)[C@@H]2CC(=O)N(c3ccccc3)C2)c1. The molecule has 0 spiro atoms. The molecular weight excluding hydrogens is 402 g/mol. The van der Waals surface area contributed by atoms with Gasteiger partial charge in [0, 0.05) is 25.2 Å². The molecule has 0 unspecified atom stereocenters. The van der Waals surface area contributed by atoms with Crippen molar-refractivity contribution in [1.82, 2.24) is 5.32 Å². The van der Waals surface area contributed by atoms with Gasteiger partial charge in [-0.25, -0.2) is 0 Å². The van der Waals surface area contributed by atoms with Crippen LogP contribution >= 0.6 is 0 Å². The molecule has 3 aromatic carbocycles. The Kier molecular flexibility index (Phi) is 6.31. The number of hydrogen-bond donors (Lipinski definition) is 2. The van der Waals surface area contributed by atoms with Crippen LogP contribution in [0.4, 0.5) is 11.4 Å². The average molecular weight is 428 g/mol. The zero-order valence-electron chi connectivity index (χ0n) is 17.9.